The maximum absolute atomic E-state index is 12.0. The van der Waals surface area contributed by atoms with Crippen LogP contribution in [0.25, 0.3) is 0 Å². The molecule has 6 N–H and O–H groups in total. The fourth-order valence-electron chi connectivity index (χ4n) is 1.95. The molecule has 4 amide bonds. The summed E-state index contributed by atoms with van der Waals surface area (Å²) >= 11 is 0. The highest BCUT2D eigenvalue weighted by Gasteiger charge is 2.20. The Kier molecular flexibility index (Phi) is 8.27. The zero-order valence-electron chi connectivity index (χ0n) is 13.3. The van der Waals surface area contributed by atoms with E-state index in [2.05, 4.69) is 21.5 Å². The number of nitrogens with one attached hydrogen (secondary N) is 4. The third kappa shape index (κ3) is 8.21. The molecule has 0 spiro atoms. The zero-order valence-corrected chi connectivity index (χ0v) is 13.3. The van der Waals surface area contributed by atoms with Crippen LogP contribution < -0.4 is 21.5 Å². The van der Waals surface area contributed by atoms with Crippen molar-refractivity contribution in [3.63, 3.8) is 0 Å². The second-order valence-electron chi connectivity index (χ2n) is 5.04. The first kappa shape index (κ1) is 19.7. The number of benzene rings is 1. The van der Waals surface area contributed by atoms with E-state index < -0.39 is 30.0 Å². The number of carbonyl (C=O) groups excluding carboxylic acids is 2. The Bertz CT molecular complexity index is 607. The predicted octanol–water partition coefficient (Wildman–Crippen LogP) is 0.522. The largest absolute Gasteiger partial charge is 0.465 e. The van der Waals surface area contributed by atoms with Crippen LogP contribution in [0.2, 0.25) is 0 Å². The minimum atomic E-state index is -1.38. The van der Waals surface area contributed by atoms with Gasteiger partial charge in [0.25, 0.3) is 11.8 Å². The summed E-state index contributed by atoms with van der Waals surface area (Å²) in [6.07, 6.45) is -1.53. The summed E-state index contributed by atoms with van der Waals surface area (Å²) in [6, 6.07) is 7.11. The lowest BCUT2D eigenvalue weighted by Crippen LogP contribution is -2.52. The molecule has 0 aliphatic rings. The molecule has 1 rings (SSSR count). The van der Waals surface area contributed by atoms with Crippen molar-refractivity contribution in [1.82, 2.24) is 21.5 Å². The van der Waals surface area contributed by atoms with Crippen molar-refractivity contribution < 1.29 is 29.4 Å². The van der Waals surface area contributed by atoms with Gasteiger partial charge in [-0.25, -0.2) is 9.59 Å². The van der Waals surface area contributed by atoms with Crippen molar-refractivity contribution in [2.75, 3.05) is 6.54 Å². The van der Waals surface area contributed by atoms with Crippen LogP contribution in [0.5, 0.6) is 0 Å². The monoisotopic (exact) mass is 352 g/mol. The fraction of sp³-hybridized carbons (Fsp3) is 0.333. The van der Waals surface area contributed by atoms with Gasteiger partial charge in [0.05, 0.1) is 0 Å². The normalized spacial score (nSPS) is 11.0. The molecule has 0 aliphatic heterocycles. The van der Waals surface area contributed by atoms with Crippen molar-refractivity contribution in [1.29, 1.82) is 0 Å². The van der Waals surface area contributed by atoms with Crippen LogP contribution >= 0.6 is 0 Å². The average Bonchev–Trinajstić information content (AvgIpc) is 2.58. The molecule has 1 atom stereocenters. The van der Waals surface area contributed by atoms with Crippen LogP contribution in [-0.2, 0) is 4.79 Å². The molecule has 25 heavy (non-hydrogen) atoms. The lowest BCUT2D eigenvalue weighted by Gasteiger charge is -2.17. The molecule has 0 aromatic heterocycles. The van der Waals surface area contributed by atoms with E-state index in [1.165, 1.54) is 0 Å². The molecule has 0 saturated carbocycles. The number of amides is 4. The Morgan fingerprint density at radius 1 is 0.920 bits per heavy atom. The van der Waals surface area contributed by atoms with Gasteiger partial charge in [0, 0.05) is 12.1 Å². The van der Waals surface area contributed by atoms with Gasteiger partial charge in [0.1, 0.15) is 6.04 Å². The van der Waals surface area contributed by atoms with Gasteiger partial charge in [-0.3, -0.25) is 20.4 Å². The fourth-order valence-corrected chi connectivity index (χ4v) is 1.95. The second-order valence-corrected chi connectivity index (χ2v) is 5.04. The minimum absolute atomic E-state index is 0.153. The second kappa shape index (κ2) is 10.5. The molecule has 0 heterocycles. The van der Waals surface area contributed by atoms with Gasteiger partial charge >= 0.3 is 12.2 Å². The molecule has 0 saturated heterocycles. The van der Waals surface area contributed by atoms with Gasteiger partial charge in [-0.05, 0) is 31.4 Å². The number of unbranched alkanes of at least 4 members (excludes halogenated alkanes) is 1. The summed E-state index contributed by atoms with van der Waals surface area (Å²) in [6.45, 7) is 0.196. The Morgan fingerprint density at radius 3 is 2.20 bits per heavy atom. The Morgan fingerprint density at radius 2 is 1.60 bits per heavy atom. The number of hydrogen-bond donors (Lipinski definition) is 6. The lowest BCUT2D eigenvalue weighted by molar-refractivity contribution is -0.124. The maximum atomic E-state index is 12.0. The SMILES string of the molecule is O=C(O)NCCCCC(NC(=O)O)C(=O)NNC(=O)c1ccccc1. The summed E-state index contributed by atoms with van der Waals surface area (Å²) < 4.78 is 0. The van der Waals surface area contributed by atoms with Crippen LogP contribution in [0.1, 0.15) is 29.6 Å². The van der Waals surface area contributed by atoms with Crippen molar-refractivity contribution in [2.45, 2.75) is 25.3 Å². The van der Waals surface area contributed by atoms with Gasteiger partial charge in [-0.15, -0.1) is 0 Å². The van der Waals surface area contributed by atoms with Gasteiger partial charge in [0.2, 0.25) is 0 Å². The van der Waals surface area contributed by atoms with E-state index in [0.29, 0.717) is 18.4 Å². The molecule has 0 aliphatic carbocycles. The summed E-state index contributed by atoms with van der Waals surface area (Å²) in [5.74, 6) is -1.24. The molecule has 10 heteroatoms. The highest BCUT2D eigenvalue weighted by atomic mass is 16.4. The summed E-state index contributed by atoms with van der Waals surface area (Å²) in [5, 5.41) is 21.5. The van der Waals surface area contributed by atoms with E-state index in [9.17, 15) is 19.2 Å². The van der Waals surface area contributed by atoms with Crippen LogP contribution in [0.4, 0.5) is 9.59 Å². The standard InChI is InChI=1S/C15H20N4O6/c20-12(10-6-2-1-3-7-10)18-19-13(21)11(17-15(24)25)8-4-5-9-16-14(22)23/h1-3,6-7,11,16-17H,4-5,8-9H2,(H,18,20)(H,19,21)(H,22,23)(H,24,25). The zero-order chi connectivity index (χ0) is 18.7. The van der Waals surface area contributed by atoms with Crippen molar-refractivity contribution in [3.8, 4) is 0 Å². The molecule has 0 bridgehead atoms. The third-order valence-corrected chi connectivity index (χ3v) is 3.15. The Balaban J connectivity index is 2.45. The van der Waals surface area contributed by atoms with Crippen LogP contribution in [0.15, 0.2) is 30.3 Å². The maximum Gasteiger partial charge on any atom is 0.405 e. The first-order chi connectivity index (χ1) is 11.9. The smallest absolute Gasteiger partial charge is 0.405 e. The quantitative estimate of drug-likeness (QED) is 0.296. The van der Waals surface area contributed by atoms with Crippen molar-refractivity contribution >= 4 is 24.0 Å². The van der Waals surface area contributed by atoms with E-state index >= 15 is 0 Å². The van der Waals surface area contributed by atoms with E-state index in [-0.39, 0.29) is 13.0 Å². The molecule has 1 aromatic carbocycles. The third-order valence-electron chi connectivity index (χ3n) is 3.15. The van der Waals surface area contributed by atoms with E-state index in [4.69, 9.17) is 10.2 Å². The molecule has 0 radical (unpaired) electrons. The summed E-state index contributed by atoms with van der Waals surface area (Å²) in [4.78, 5) is 44.9. The van der Waals surface area contributed by atoms with Crippen LogP contribution in [-0.4, -0.2) is 46.8 Å². The molecular formula is C15H20N4O6. The van der Waals surface area contributed by atoms with Gasteiger partial charge in [0.15, 0.2) is 0 Å². The van der Waals surface area contributed by atoms with Crippen molar-refractivity contribution in [3.05, 3.63) is 35.9 Å². The average molecular weight is 352 g/mol. The number of hydrogen-bond acceptors (Lipinski definition) is 4. The van der Waals surface area contributed by atoms with Gasteiger partial charge in [-0.1, -0.05) is 18.2 Å². The highest BCUT2D eigenvalue weighted by Crippen LogP contribution is 2.02. The molecule has 1 unspecified atom stereocenters. The van der Waals surface area contributed by atoms with E-state index in [0.717, 1.165) is 0 Å². The number of carbonyl (C=O) groups is 4. The van der Waals surface area contributed by atoms with E-state index in [1.54, 1.807) is 30.3 Å². The van der Waals surface area contributed by atoms with Crippen LogP contribution in [0.3, 0.4) is 0 Å². The topological polar surface area (TPSA) is 157 Å². The van der Waals surface area contributed by atoms with Crippen molar-refractivity contribution in [2.24, 2.45) is 0 Å². The molecule has 136 valence electrons. The highest BCUT2D eigenvalue weighted by molar-refractivity contribution is 5.96. The number of hydrazine groups is 1. The molecule has 0 fully saturated rings. The minimum Gasteiger partial charge on any atom is -0.465 e. The number of rotatable bonds is 8. The first-order valence-corrected chi connectivity index (χ1v) is 7.51. The molecule has 1 aromatic rings. The first-order valence-electron chi connectivity index (χ1n) is 7.51. The van der Waals surface area contributed by atoms with E-state index in [1.807, 2.05) is 0 Å². The summed E-state index contributed by atoms with van der Waals surface area (Å²) in [5.41, 5.74) is 4.72. The number of carboxylic acid groups (broad SMARTS) is 2. The lowest BCUT2D eigenvalue weighted by atomic mass is 10.1. The predicted molar refractivity (Wildman–Crippen MR) is 86.9 cm³/mol. The van der Waals surface area contributed by atoms with Crippen LogP contribution in [0, 0.1) is 0 Å². The molecule has 10 nitrogen and oxygen atoms in total. The molecular weight excluding hydrogens is 332 g/mol. The Labute approximate surface area is 143 Å². The Hall–Kier alpha value is -3.30. The van der Waals surface area contributed by atoms with Gasteiger partial charge < -0.3 is 20.8 Å². The summed E-state index contributed by atoms with van der Waals surface area (Å²) in [7, 11) is 0. The van der Waals surface area contributed by atoms with Gasteiger partial charge in [-0.2, -0.15) is 0 Å².